The third-order valence-electron chi connectivity index (χ3n) is 4.64. The van der Waals surface area contributed by atoms with Crippen molar-refractivity contribution in [3.05, 3.63) is 33.8 Å². The summed E-state index contributed by atoms with van der Waals surface area (Å²) in [6, 6.07) is 5.22. The summed E-state index contributed by atoms with van der Waals surface area (Å²) in [6.45, 7) is 7.52. The van der Waals surface area contributed by atoms with E-state index in [1.54, 1.807) is 18.2 Å². The highest BCUT2D eigenvalue weighted by Gasteiger charge is 2.27. The molecule has 1 amide bonds. The molecule has 1 aliphatic heterocycles. The number of likely N-dealkylation sites (tertiary alicyclic amines) is 1. The van der Waals surface area contributed by atoms with E-state index in [1.807, 2.05) is 11.9 Å². The van der Waals surface area contributed by atoms with E-state index in [1.165, 1.54) is 19.3 Å². The first-order valence-electron chi connectivity index (χ1n) is 8.34. The molecule has 0 bridgehead atoms. The second-order valence-corrected chi connectivity index (χ2v) is 7.56. The van der Waals surface area contributed by atoms with Gasteiger partial charge in [-0.25, -0.2) is 0 Å². The normalized spacial score (nSPS) is 17.3. The molecule has 0 aliphatic carbocycles. The van der Waals surface area contributed by atoms with E-state index in [0.29, 0.717) is 21.5 Å². The molecule has 0 radical (unpaired) electrons. The smallest absolute Gasteiger partial charge is 0.255 e. The molecule has 23 heavy (non-hydrogen) atoms. The van der Waals surface area contributed by atoms with Gasteiger partial charge in [-0.15, -0.1) is 0 Å². The van der Waals surface area contributed by atoms with Crippen LogP contribution < -0.4 is 0 Å². The Bertz CT molecular complexity index is 542. The average molecular weight is 357 g/mol. The van der Waals surface area contributed by atoms with Crippen molar-refractivity contribution in [3.63, 3.8) is 0 Å². The van der Waals surface area contributed by atoms with Crippen molar-refractivity contribution in [1.29, 1.82) is 0 Å². The summed E-state index contributed by atoms with van der Waals surface area (Å²) in [6.07, 6.45) is 3.83. The lowest BCUT2D eigenvalue weighted by Gasteiger charge is -2.37. The third kappa shape index (κ3) is 4.85. The number of halogens is 2. The molecule has 5 heteroatoms. The molecule has 0 spiro atoms. The first-order chi connectivity index (χ1) is 10.9. The minimum Gasteiger partial charge on any atom is -0.337 e. The summed E-state index contributed by atoms with van der Waals surface area (Å²) >= 11 is 12.1. The molecule has 0 N–H and O–H groups in total. The second-order valence-electron chi connectivity index (χ2n) is 6.71. The zero-order chi connectivity index (χ0) is 17.0. The van der Waals surface area contributed by atoms with Gasteiger partial charge in [-0.3, -0.25) is 4.79 Å². The molecule has 1 heterocycles. The second kappa shape index (κ2) is 8.36. The number of nitrogens with zero attached hydrogens (tertiary/aromatic N) is 2. The van der Waals surface area contributed by atoms with Gasteiger partial charge in [-0.1, -0.05) is 43.5 Å². The van der Waals surface area contributed by atoms with Crippen LogP contribution in [0, 0.1) is 5.92 Å². The zero-order valence-corrected chi connectivity index (χ0v) is 15.7. The Kier molecular flexibility index (Phi) is 6.75. The summed E-state index contributed by atoms with van der Waals surface area (Å²) in [4.78, 5) is 17.2. The van der Waals surface area contributed by atoms with Gasteiger partial charge in [-0.2, -0.15) is 0 Å². The molecule has 0 saturated carbocycles. The number of rotatable bonds is 5. The Morgan fingerprint density at radius 1 is 1.22 bits per heavy atom. The Hall–Kier alpha value is -0.770. The molecular formula is C18H26Cl2N2O. The Balaban J connectivity index is 2.12. The van der Waals surface area contributed by atoms with Gasteiger partial charge in [0, 0.05) is 24.7 Å². The lowest BCUT2D eigenvalue weighted by Crippen LogP contribution is -2.48. The van der Waals surface area contributed by atoms with Crippen LogP contribution in [0.2, 0.25) is 10.0 Å². The number of carbonyl (C=O) groups excluding carboxylic acids is 1. The third-order valence-corrected chi connectivity index (χ3v) is 5.19. The highest BCUT2D eigenvalue weighted by molar-refractivity contribution is 6.36. The number of carbonyl (C=O) groups is 1. The van der Waals surface area contributed by atoms with Crippen LogP contribution in [0.15, 0.2) is 18.2 Å². The molecular weight excluding hydrogens is 331 g/mol. The van der Waals surface area contributed by atoms with Crippen LogP contribution in [0.5, 0.6) is 0 Å². The van der Waals surface area contributed by atoms with Crippen LogP contribution in [0.4, 0.5) is 0 Å². The van der Waals surface area contributed by atoms with Gasteiger partial charge in [0.1, 0.15) is 0 Å². The van der Waals surface area contributed by atoms with Gasteiger partial charge < -0.3 is 9.80 Å². The lowest BCUT2D eigenvalue weighted by molar-refractivity contribution is 0.0611. The van der Waals surface area contributed by atoms with E-state index in [9.17, 15) is 4.79 Å². The number of hydrogen-bond donors (Lipinski definition) is 0. The summed E-state index contributed by atoms with van der Waals surface area (Å²) in [5.41, 5.74) is 0.517. The molecule has 0 aromatic heterocycles. The molecule has 1 fully saturated rings. The predicted molar refractivity (Wildman–Crippen MR) is 97.5 cm³/mol. The maximum absolute atomic E-state index is 12.8. The number of piperidine rings is 1. The number of amides is 1. The largest absolute Gasteiger partial charge is 0.337 e. The summed E-state index contributed by atoms with van der Waals surface area (Å²) < 4.78 is 0. The van der Waals surface area contributed by atoms with E-state index in [-0.39, 0.29) is 11.9 Å². The van der Waals surface area contributed by atoms with Crippen LogP contribution in [0.3, 0.4) is 0 Å². The van der Waals surface area contributed by atoms with Crippen molar-refractivity contribution in [3.8, 4) is 0 Å². The molecule has 1 aliphatic rings. The van der Waals surface area contributed by atoms with Gasteiger partial charge in [0.25, 0.3) is 5.91 Å². The van der Waals surface area contributed by atoms with E-state index < -0.39 is 0 Å². The molecule has 128 valence electrons. The SMILES string of the molecule is CC(C)[C@@H](CN1CCCCC1)N(C)C(=O)c1ccc(Cl)cc1Cl. The van der Waals surface area contributed by atoms with Crippen molar-refractivity contribution in [2.45, 2.75) is 39.2 Å². The van der Waals surface area contributed by atoms with Crippen molar-refractivity contribution in [2.75, 3.05) is 26.7 Å². The topological polar surface area (TPSA) is 23.6 Å². The molecule has 1 saturated heterocycles. The fourth-order valence-corrected chi connectivity index (χ4v) is 3.68. The predicted octanol–water partition coefficient (Wildman–Crippen LogP) is 4.58. The van der Waals surface area contributed by atoms with Crippen molar-refractivity contribution < 1.29 is 4.79 Å². The zero-order valence-electron chi connectivity index (χ0n) is 14.2. The monoisotopic (exact) mass is 356 g/mol. The van der Waals surface area contributed by atoms with Gasteiger partial charge in [-0.05, 0) is 50.0 Å². The fourth-order valence-electron chi connectivity index (χ4n) is 3.19. The van der Waals surface area contributed by atoms with Gasteiger partial charge >= 0.3 is 0 Å². The minimum absolute atomic E-state index is 0.0395. The van der Waals surface area contributed by atoms with E-state index in [2.05, 4.69) is 18.7 Å². The first-order valence-corrected chi connectivity index (χ1v) is 9.10. The standard InChI is InChI=1S/C18H26Cl2N2O/c1-13(2)17(12-22-9-5-4-6-10-22)21(3)18(23)15-8-7-14(19)11-16(15)20/h7-8,11,13,17H,4-6,9-10,12H2,1-3H3/t17-/m1/s1. The van der Waals surface area contributed by atoms with E-state index >= 15 is 0 Å². The minimum atomic E-state index is -0.0395. The lowest BCUT2D eigenvalue weighted by atomic mass is 10.00. The molecule has 1 aromatic rings. The number of likely N-dealkylation sites (N-methyl/N-ethyl adjacent to an activating group) is 1. The van der Waals surface area contributed by atoms with Crippen LogP contribution in [0.25, 0.3) is 0 Å². The van der Waals surface area contributed by atoms with Crippen LogP contribution >= 0.6 is 23.2 Å². The van der Waals surface area contributed by atoms with Gasteiger partial charge in [0.15, 0.2) is 0 Å². The van der Waals surface area contributed by atoms with Crippen molar-refractivity contribution in [2.24, 2.45) is 5.92 Å². The quantitative estimate of drug-likeness (QED) is 0.770. The van der Waals surface area contributed by atoms with Gasteiger partial charge in [0.2, 0.25) is 0 Å². The summed E-state index contributed by atoms with van der Waals surface area (Å²) in [5.74, 6) is 0.347. The Labute approximate surface area is 149 Å². The molecule has 0 unspecified atom stereocenters. The summed E-state index contributed by atoms with van der Waals surface area (Å²) in [5, 5.41) is 0.956. The average Bonchev–Trinajstić information content (AvgIpc) is 2.52. The molecule has 1 aromatic carbocycles. The fraction of sp³-hybridized carbons (Fsp3) is 0.611. The first kappa shape index (κ1) is 18.6. The highest BCUT2D eigenvalue weighted by Crippen LogP contribution is 2.24. The Morgan fingerprint density at radius 3 is 2.43 bits per heavy atom. The summed E-state index contributed by atoms with van der Waals surface area (Å²) in [7, 11) is 1.88. The molecule has 1 atom stereocenters. The molecule has 3 nitrogen and oxygen atoms in total. The van der Waals surface area contributed by atoms with Gasteiger partial charge in [0.05, 0.1) is 10.6 Å². The number of hydrogen-bond acceptors (Lipinski definition) is 2. The van der Waals surface area contributed by atoms with Crippen molar-refractivity contribution in [1.82, 2.24) is 9.80 Å². The highest BCUT2D eigenvalue weighted by atomic mass is 35.5. The Morgan fingerprint density at radius 2 is 1.87 bits per heavy atom. The van der Waals surface area contributed by atoms with Crippen molar-refractivity contribution >= 4 is 29.1 Å². The van der Waals surface area contributed by atoms with E-state index in [4.69, 9.17) is 23.2 Å². The maximum Gasteiger partial charge on any atom is 0.255 e. The van der Waals surface area contributed by atoms with Crippen LogP contribution in [-0.4, -0.2) is 48.4 Å². The van der Waals surface area contributed by atoms with Crippen LogP contribution in [-0.2, 0) is 0 Å². The van der Waals surface area contributed by atoms with Crippen LogP contribution in [0.1, 0.15) is 43.5 Å². The molecule has 2 rings (SSSR count). The van der Waals surface area contributed by atoms with E-state index in [0.717, 1.165) is 19.6 Å². The maximum atomic E-state index is 12.8. The number of benzene rings is 1.